The van der Waals surface area contributed by atoms with Gasteiger partial charge in [-0.05, 0) is 43.5 Å². The van der Waals surface area contributed by atoms with Crippen molar-refractivity contribution in [2.75, 3.05) is 16.8 Å². The predicted molar refractivity (Wildman–Crippen MR) is 87.0 cm³/mol. The SMILES string of the molecule is CC1CCN(c2ccc(C(=O)Nc3ccccc3)nn2)C1C. The van der Waals surface area contributed by atoms with E-state index in [1.54, 1.807) is 6.07 Å². The fourth-order valence-electron chi connectivity index (χ4n) is 2.73. The molecule has 2 heterocycles. The topological polar surface area (TPSA) is 58.1 Å². The summed E-state index contributed by atoms with van der Waals surface area (Å²) in [7, 11) is 0. The van der Waals surface area contributed by atoms with E-state index in [9.17, 15) is 4.79 Å². The van der Waals surface area contributed by atoms with Crippen molar-refractivity contribution in [2.45, 2.75) is 26.3 Å². The van der Waals surface area contributed by atoms with Gasteiger partial charge in [-0.2, -0.15) is 0 Å². The number of carbonyl (C=O) groups is 1. The Hall–Kier alpha value is -2.43. The first-order valence-corrected chi connectivity index (χ1v) is 7.62. The second-order valence-corrected chi connectivity index (χ2v) is 5.80. The number of rotatable bonds is 3. The second kappa shape index (κ2) is 6.13. The molecule has 0 saturated carbocycles. The van der Waals surface area contributed by atoms with Crippen LogP contribution in [0.15, 0.2) is 42.5 Å². The number of carbonyl (C=O) groups excluding carboxylic acids is 1. The van der Waals surface area contributed by atoms with Gasteiger partial charge in [0.2, 0.25) is 0 Å². The molecular weight excluding hydrogens is 276 g/mol. The van der Waals surface area contributed by atoms with Gasteiger partial charge in [-0.25, -0.2) is 0 Å². The summed E-state index contributed by atoms with van der Waals surface area (Å²) in [6.07, 6.45) is 1.17. The monoisotopic (exact) mass is 296 g/mol. The van der Waals surface area contributed by atoms with Crippen LogP contribution < -0.4 is 10.2 Å². The minimum atomic E-state index is -0.243. The van der Waals surface area contributed by atoms with Crippen LogP contribution >= 0.6 is 0 Å². The minimum Gasteiger partial charge on any atom is -0.352 e. The van der Waals surface area contributed by atoms with Crippen LogP contribution in [0.2, 0.25) is 0 Å². The van der Waals surface area contributed by atoms with Crippen LogP contribution in [0.3, 0.4) is 0 Å². The Morgan fingerprint density at radius 3 is 2.50 bits per heavy atom. The molecule has 2 atom stereocenters. The molecule has 1 aliphatic heterocycles. The van der Waals surface area contributed by atoms with Gasteiger partial charge in [0.15, 0.2) is 11.5 Å². The Morgan fingerprint density at radius 1 is 1.14 bits per heavy atom. The normalized spacial score (nSPS) is 20.9. The van der Waals surface area contributed by atoms with Gasteiger partial charge in [0.1, 0.15) is 0 Å². The van der Waals surface area contributed by atoms with Crippen molar-refractivity contribution in [3.8, 4) is 0 Å². The van der Waals surface area contributed by atoms with Crippen molar-refractivity contribution in [1.29, 1.82) is 0 Å². The Labute approximate surface area is 130 Å². The molecule has 1 aromatic heterocycles. The lowest BCUT2D eigenvalue weighted by Gasteiger charge is -2.23. The molecule has 0 aliphatic carbocycles. The maximum atomic E-state index is 12.1. The molecule has 1 aromatic carbocycles. The van der Waals surface area contributed by atoms with Gasteiger partial charge >= 0.3 is 0 Å². The zero-order chi connectivity index (χ0) is 15.5. The first-order valence-electron chi connectivity index (χ1n) is 7.62. The standard InChI is InChI=1S/C17H20N4O/c1-12-10-11-21(13(12)2)16-9-8-15(19-20-16)17(22)18-14-6-4-3-5-7-14/h3-9,12-13H,10-11H2,1-2H3,(H,18,22). The van der Waals surface area contributed by atoms with Gasteiger partial charge in [0.25, 0.3) is 5.91 Å². The largest absolute Gasteiger partial charge is 0.352 e. The van der Waals surface area contributed by atoms with Crippen LogP contribution in [-0.2, 0) is 0 Å². The van der Waals surface area contributed by atoms with E-state index >= 15 is 0 Å². The van der Waals surface area contributed by atoms with E-state index in [4.69, 9.17) is 0 Å². The molecular formula is C17H20N4O. The molecule has 3 rings (SSSR count). The molecule has 0 bridgehead atoms. The summed E-state index contributed by atoms with van der Waals surface area (Å²) in [5, 5.41) is 11.1. The Kier molecular flexibility index (Phi) is 4.04. The van der Waals surface area contributed by atoms with Gasteiger partial charge in [-0.3, -0.25) is 4.79 Å². The van der Waals surface area contributed by atoms with E-state index in [2.05, 4.69) is 34.3 Å². The summed E-state index contributed by atoms with van der Waals surface area (Å²) in [6.45, 7) is 5.45. The maximum Gasteiger partial charge on any atom is 0.276 e. The predicted octanol–water partition coefficient (Wildman–Crippen LogP) is 2.96. The van der Waals surface area contributed by atoms with E-state index in [-0.39, 0.29) is 5.91 Å². The lowest BCUT2D eigenvalue weighted by molar-refractivity contribution is 0.102. The molecule has 5 heteroatoms. The highest BCUT2D eigenvalue weighted by molar-refractivity contribution is 6.02. The third kappa shape index (κ3) is 2.93. The van der Waals surface area contributed by atoms with E-state index in [1.807, 2.05) is 36.4 Å². The number of hydrogen-bond donors (Lipinski definition) is 1. The maximum absolute atomic E-state index is 12.1. The van der Waals surface area contributed by atoms with Crippen molar-refractivity contribution < 1.29 is 4.79 Å². The molecule has 1 fully saturated rings. The molecule has 1 amide bonds. The number of aromatic nitrogens is 2. The number of nitrogens with zero attached hydrogens (tertiary/aromatic N) is 3. The van der Waals surface area contributed by atoms with Crippen LogP contribution in [0.1, 0.15) is 30.8 Å². The Morgan fingerprint density at radius 2 is 1.91 bits per heavy atom. The van der Waals surface area contributed by atoms with E-state index in [0.29, 0.717) is 17.7 Å². The molecule has 1 saturated heterocycles. The fourth-order valence-corrected chi connectivity index (χ4v) is 2.73. The first-order chi connectivity index (χ1) is 10.6. The van der Waals surface area contributed by atoms with Crippen LogP contribution in [0.4, 0.5) is 11.5 Å². The molecule has 2 aromatic rings. The summed E-state index contributed by atoms with van der Waals surface area (Å²) in [4.78, 5) is 14.4. The minimum absolute atomic E-state index is 0.243. The van der Waals surface area contributed by atoms with E-state index < -0.39 is 0 Å². The Balaban J connectivity index is 1.70. The average Bonchev–Trinajstić information content (AvgIpc) is 2.88. The highest BCUT2D eigenvalue weighted by Gasteiger charge is 2.28. The molecule has 2 unspecified atom stereocenters. The third-order valence-corrected chi connectivity index (χ3v) is 4.35. The number of para-hydroxylation sites is 1. The molecule has 5 nitrogen and oxygen atoms in total. The van der Waals surface area contributed by atoms with Gasteiger partial charge in [-0.1, -0.05) is 25.1 Å². The van der Waals surface area contributed by atoms with Gasteiger partial charge in [0, 0.05) is 18.3 Å². The Bertz CT molecular complexity index is 641. The van der Waals surface area contributed by atoms with Gasteiger partial charge in [-0.15, -0.1) is 10.2 Å². The van der Waals surface area contributed by atoms with Gasteiger partial charge in [0.05, 0.1) is 0 Å². The smallest absolute Gasteiger partial charge is 0.276 e. The molecule has 1 aliphatic rings. The summed E-state index contributed by atoms with van der Waals surface area (Å²) in [5.41, 5.74) is 1.08. The van der Waals surface area contributed by atoms with Crippen LogP contribution in [0.25, 0.3) is 0 Å². The lowest BCUT2D eigenvalue weighted by Crippen LogP contribution is -2.30. The van der Waals surface area contributed by atoms with Crippen molar-refractivity contribution in [3.63, 3.8) is 0 Å². The number of hydrogen-bond acceptors (Lipinski definition) is 4. The van der Waals surface area contributed by atoms with Crippen LogP contribution in [-0.4, -0.2) is 28.7 Å². The number of benzene rings is 1. The fraction of sp³-hybridized carbons (Fsp3) is 0.353. The van der Waals surface area contributed by atoms with E-state index in [1.165, 1.54) is 6.42 Å². The average molecular weight is 296 g/mol. The van der Waals surface area contributed by atoms with Crippen LogP contribution in [0, 0.1) is 5.92 Å². The van der Waals surface area contributed by atoms with Crippen molar-refractivity contribution in [2.24, 2.45) is 5.92 Å². The summed E-state index contributed by atoms with van der Waals surface area (Å²) in [5.74, 6) is 1.25. The van der Waals surface area contributed by atoms with Crippen molar-refractivity contribution >= 4 is 17.4 Å². The summed E-state index contributed by atoms with van der Waals surface area (Å²) in [6, 6.07) is 13.4. The summed E-state index contributed by atoms with van der Waals surface area (Å²) >= 11 is 0. The highest BCUT2D eigenvalue weighted by atomic mass is 16.1. The summed E-state index contributed by atoms with van der Waals surface area (Å²) < 4.78 is 0. The van der Waals surface area contributed by atoms with Gasteiger partial charge < -0.3 is 10.2 Å². The third-order valence-electron chi connectivity index (χ3n) is 4.35. The number of amides is 1. The quantitative estimate of drug-likeness (QED) is 0.946. The molecule has 1 N–H and O–H groups in total. The molecule has 22 heavy (non-hydrogen) atoms. The molecule has 0 spiro atoms. The second-order valence-electron chi connectivity index (χ2n) is 5.80. The zero-order valence-electron chi connectivity index (χ0n) is 12.9. The zero-order valence-corrected chi connectivity index (χ0v) is 12.9. The van der Waals surface area contributed by atoms with Crippen molar-refractivity contribution in [1.82, 2.24) is 10.2 Å². The molecule has 0 radical (unpaired) electrons. The van der Waals surface area contributed by atoms with Crippen molar-refractivity contribution in [3.05, 3.63) is 48.2 Å². The number of anilines is 2. The van der Waals surface area contributed by atoms with E-state index in [0.717, 1.165) is 18.1 Å². The highest BCUT2D eigenvalue weighted by Crippen LogP contribution is 2.27. The first kappa shape index (κ1) is 14.5. The van der Waals surface area contributed by atoms with Crippen LogP contribution in [0.5, 0.6) is 0 Å². The lowest BCUT2D eigenvalue weighted by atomic mass is 10.1. The molecule has 114 valence electrons. The number of nitrogens with one attached hydrogen (secondary N) is 1.